The summed E-state index contributed by atoms with van der Waals surface area (Å²) in [4.78, 5) is 31.1. The highest BCUT2D eigenvalue weighted by molar-refractivity contribution is 7.14. The van der Waals surface area contributed by atoms with E-state index in [-0.39, 0.29) is 16.9 Å². The number of nitrogens with zero attached hydrogens (tertiary/aromatic N) is 2. The van der Waals surface area contributed by atoms with Gasteiger partial charge in [-0.3, -0.25) is 14.5 Å². The zero-order valence-corrected chi connectivity index (χ0v) is 16.0. The van der Waals surface area contributed by atoms with Gasteiger partial charge in [-0.1, -0.05) is 12.1 Å². The second-order valence-electron chi connectivity index (χ2n) is 6.26. The minimum absolute atomic E-state index is 0.0815. The first-order valence-electron chi connectivity index (χ1n) is 8.61. The van der Waals surface area contributed by atoms with E-state index in [2.05, 4.69) is 4.98 Å². The van der Waals surface area contributed by atoms with E-state index < -0.39 is 23.5 Å². The van der Waals surface area contributed by atoms with Crippen molar-refractivity contribution >= 4 is 33.9 Å². The lowest BCUT2D eigenvalue weighted by molar-refractivity contribution is -0.132. The van der Waals surface area contributed by atoms with E-state index in [9.17, 15) is 19.1 Å². The molecule has 0 unspecified atom stereocenters. The lowest BCUT2D eigenvalue weighted by atomic mass is 9.95. The van der Waals surface area contributed by atoms with Crippen molar-refractivity contribution < 1.29 is 23.8 Å². The number of aliphatic hydroxyl groups is 1. The number of rotatable bonds is 4. The number of anilines is 1. The molecule has 4 rings (SSSR count). The Morgan fingerprint density at radius 2 is 1.83 bits per heavy atom. The van der Waals surface area contributed by atoms with Crippen molar-refractivity contribution in [2.24, 2.45) is 0 Å². The normalized spacial score (nSPS) is 18.3. The summed E-state index contributed by atoms with van der Waals surface area (Å²) >= 11 is 1.21. The average Bonchev–Trinajstić information content (AvgIpc) is 3.35. The number of aromatic nitrogens is 1. The zero-order chi connectivity index (χ0) is 20.5. The molecule has 146 valence electrons. The van der Waals surface area contributed by atoms with Crippen LogP contribution >= 0.6 is 11.3 Å². The SMILES string of the molecule is COc1ccc([C@@H]2/C(=C(\O)c3ccc(F)cc3)C(=O)C(=O)N2c2nccs2)cc1. The van der Waals surface area contributed by atoms with E-state index in [1.54, 1.807) is 29.6 Å². The maximum absolute atomic E-state index is 13.3. The largest absolute Gasteiger partial charge is 0.507 e. The number of aliphatic hydroxyl groups excluding tert-OH is 1. The molecular weight excluding hydrogens is 395 g/mol. The van der Waals surface area contributed by atoms with E-state index in [4.69, 9.17) is 4.74 Å². The Kier molecular flexibility index (Phi) is 4.85. The van der Waals surface area contributed by atoms with Crippen LogP contribution in [0.3, 0.4) is 0 Å². The van der Waals surface area contributed by atoms with Crippen LogP contribution in [-0.4, -0.2) is 28.9 Å². The molecule has 1 fully saturated rings. The van der Waals surface area contributed by atoms with Crippen molar-refractivity contribution in [2.75, 3.05) is 12.0 Å². The maximum atomic E-state index is 13.3. The lowest BCUT2D eigenvalue weighted by Crippen LogP contribution is -2.29. The Labute approximate surface area is 169 Å². The van der Waals surface area contributed by atoms with Crippen LogP contribution < -0.4 is 9.64 Å². The molecule has 0 radical (unpaired) electrons. The van der Waals surface area contributed by atoms with E-state index in [0.29, 0.717) is 16.4 Å². The smallest absolute Gasteiger partial charge is 0.301 e. The molecule has 1 aromatic heterocycles. The highest BCUT2D eigenvalue weighted by Crippen LogP contribution is 2.42. The van der Waals surface area contributed by atoms with Crippen LogP contribution in [-0.2, 0) is 9.59 Å². The first kappa shape index (κ1) is 18.8. The molecule has 29 heavy (non-hydrogen) atoms. The molecule has 6 nitrogen and oxygen atoms in total. The van der Waals surface area contributed by atoms with E-state index in [0.717, 1.165) is 0 Å². The number of Topliss-reactive ketones (excluding diaryl/α,β-unsaturated/α-hetero) is 1. The number of methoxy groups -OCH3 is 1. The van der Waals surface area contributed by atoms with Gasteiger partial charge in [0, 0.05) is 17.1 Å². The predicted molar refractivity (Wildman–Crippen MR) is 106 cm³/mol. The number of carbonyl (C=O) groups excluding carboxylic acids is 2. The third kappa shape index (κ3) is 3.27. The molecule has 0 spiro atoms. The molecule has 1 N–H and O–H groups in total. The van der Waals surface area contributed by atoms with Gasteiger partial charge in [0.2, 0.25) is 0 Å². The van der Waals surface area contributed by atoms with Crippen molar-refractivity contribution in [3.8, 4) is 5.75 Å². The van der Waals surface area contributed by atoms with Gasteiger partial charge in [0.05, 0.1) is 18.7 Å². The molecular formula is C21H15FN2O4S. The van der Waals surface area contributed by atoms with Gasteiger partial charge in [-0.25, -0.2) is 9.37 Å². The molecule has 1 aliphatic rings. The fourth-order valence-electron chi connectivity index (χ4n) is 3.23. The van der Waals surface area contributed by atoms with Crippen LogP contribution in [0.25, 0.3) is 5.76 Å². The summed E-state index contributed by atoms with van der Waals surface area (Å²) in [6, 6.07) is 11.0. The van der Waals surface area contributed by atoms with Gasteiger partial charge in [-0.05, 0) is 42.0 Å². The molecule has 1 atom stereocenters. The standard InChI is InChI=1S/C21H15FN2O4S/c1-28-15-8-4-12(5-9-15)17-16(18(25)13-2-6-14(22)7-3-13)19(26)20(27)24(17)21-23-10-11-29-21/h2-11,17,25H,1H3/b18-16+/t17-/m1/s1. The number of ketones is 1. The average molecular weight is 410 g/mol. The molecule has 0 saturated carbocycles. The highest BCUT2D eigenvalue weighted by Gasteiger charge is 2.47. The lowest BCUT2D eigenvalue weighted by Gasteiger charge is -2.23. The van der Waals surface area contributed by atoms with E-state index in [1.165, 1.54) is 53.8 Å². The van der Waals surface area contributed by atoms with Crippen LogP contribution in [0.5, 0.6) is 5.75 Å². The van der Waals surface area contributed by atoms with Crippen molar-refractivity contribution in [1.29, 1.82) is 0 Å². The number of thiazole rings is 1. The van der Waals surface area contributed by atoms with Gasteiger partial charge < -0.3 is 9.84 Å². The molecule has 1 amide bonds. The summed E-state index contributed by atoms with van der Waals surface area (Å²) in [6.07, 6.45) is 1.53. The predicted octanol–water partition coefficient (Wildman–Crippen LogP) is 3.92. The molecule has 3 aromatic rings. The van der Waals surface area contributed by atoms with Crippen LogP contribution in [0.1, 0.15) is 17.2 Å². The Morgan fingerprint density at radius 1 is 1.14 bits per heavy atom. The Hall–Kier alpha value is -3.52. The third-order valence-electron chi connectivity index (χ3n) is 4.62. The van der Waals surface area contributed by atoms with Crippen LogP contribution in [0.2, 0.25) is 0 Å². The first-order chi connectivity index (χ1) is 14.0. The van der Waals surface area contributed by atoms with Gasteiger partial charge in [0.1, 0.15) is 17.3 Å². The fraction of sp³-hybridized carbons (Fsp3) is 0.0952. The number of hydrogen-bond acceptors (Lipinski definition) is 6. The second-order valence-corrected chi connectivity index (χ2v) is 7.14. The molecule has 2 heterocycles. The minimum atomic E-state index is -0.878. The Bertz CT molecular complexity index is 1090. The summed E-state index contributed by atoms with van der Waals surface area (Å²) in [5.74, 6) is -1.86. The van der Waals surface area contributed by atoms with Gasteiger partial charge >= 0.3 is 5.91 Å². The number of halogens is 1. The number of hydrogen-bond donors (Lipinski definition) is 1. The number of benzene rings is 2. The summed E-state index contributed by atoms with van der Waals surface area (Å²) in [7, 11) is 1.53. The summed E-state index contributed by atoms with van der Waals surface area (Å²) in [5.41, 5.74) is 0.757. The fourth-order valence-corrected chi connectivity index (χ4v) is 3.90. The number of carbonyl (C=O) groups is 2. The number of ether oxygens (including phenoxy) is 1. The molecule has 1 saturated heterocycles. The quantitative estimate of drug-likeness (QED) is 0.401. The van der Waals surface area contributed by atoms with Crippen molar-refractivity contribution in [3.63, 3.8) is 0 Å². The molecule has 0 aliphatic carbocycles. The summed E-state index contributed by atoms with van der Waals surface area (Å²) < 4.78 is 18.5. The molecule has 1 aliphatic heterocycles. The van der Waals surface area contributed by atoms with E-state index >= 15 is 0 Å². The van der Waals surface area contributed by atoms with Crippen LogP contribution in [0.15, 0.2) is 65.7 Å². The second kappa shape index (κ2) is 7.48. The van der Waals surface area contributed by atoms with Gasteiger partial charge in [0.25, 0.3) is 5.78 Å². The summed E-state index contributed by atoms with van der Waals surface area (Å²) in [6.45, 7) is 0. The molecule has 8 heteroatoms. The van der Waals surface area contributed by atoms with E-state index in [1.807, 2.05) is 0 Å². The Morgan fingerprint density at radius 3 is 2.41 bits per heavy atom. The van der Waals surface area contributed by atoms with Crippen LogP contribution in [0, 0.1) is 5.82 Å². The van der Waals surface area contributed by atoms with Gasteiger partial charge in [0.15, 0.2) is 5.13 Å². The van der Waals surface area contributed by atoms with Crippen molar-refractivity contribution in [1.82, 2.24) is 4.98 Å². The summed E-state index contributed by atoms with van der Waals surface area (Å²) in [5, 5.41) is 12.9. The monoisotopic (exact) mass is 410 g/mol. The van der Waals surface area contributed by atoms with Crippen LogP contribution in [0.4, 0.5) is 9.52 Å². The first-order valence-corrected chi connectivity index (χ1v) is 9.49. The molecule has 0 bridgehead atoms. The number of amides is 1. The van der Waals surface area contributed by atoms with Gasteiger partial charge in [-0.2, -0.15) is 0 Å². The topological polar surface area (TPSA) is 79.7 Å². The van der Waals surface area contributed by atoms with Gasteiger partial charge in [-0.15, -0.1) is 11.3 Å². The minimum Gasteiger partial charge on any atom is -0.507 e. The third-order valence-corrected chi connectivity index (χ3v) is 5.39. The van der Waals surface area contributed by atoms with Crippen molar-refractivity contribution in [2.45, 2.75) is 6.04 Å². The Balaban J connectivity index is 1.91. The highest BCUT2D eigenvalue weighted by atomic mass is 32.1. The zero-order valence-electron chi connectivity index (χ0n) is 15.2. The maximum Gasteiger partial charge on any atom is 0.301 e. The molecule has 2 aromatic carbocycles. The van der Waals surface area contributed by atoms with Crippen molar-refractivity contribution in [3.05, 3.63) is 82.6 Å².